The van der Waals surface area contributed by atoms with E-state index in [0.29, 0.717) is 31.9 Å². The number of nitro benzene ring substituents is 1. The van der Waals surface area contributed by atoms with Gasteiger partial charge in [0.25, 0.3) is 11.6 Å². The SMILES string of the molecule is CNc1cc(N2CCN(C(=O)c3ccc(C)c(C)c3)CC2)ccc1[N+](=O)[O-]. The van der Waals surface area contributed by atoms with Crippen LogP contribution in [0, 0.1) is 24.0 Å². The van der Waals surface area contributed by atoms with Crippen molar-refractivity contribution in [1.29, 1.82) is 0 Å². The lowest BCUT2D eigenvalue weighted by Gasteiger charge is -2.36. The standard InChI is InChI=1S/C20H24N4O3/c1-14-4-5-16(12-15(14)2)20(25)23-10-8-22(9-11-23)17-6-7-19(24(26)27)18(13-17)21-3/h4-7,12-13,21H,8-11H2,1-3H3. The number of carbonyl (C=O) groups excluding carboxylic acids is 1. The summed E-state index contributed by atoms with van der Waals surface area (Å²) < 4.78 is 0. The van der Waals surface area contributed by atoms with Crippen molar-refractivity contribution in [3.8, 4) is 0 Å². The summed E-state index contributed by atoms with van der Waals surface area (Å²) in [6.07, 6.45) is 0. The molecule has 2 aromatic rings. The molecule has 1 amide bonds. The number of anilines is 2. The van der Waals surface area contributed by atoms with E-state index in [1.54, 1.807) is 19.2 Å². The number of nitrogens with zero attached hydrogens (tertiary/aromatic N) is 3. The van der Waals surface area contributed by atoms with Gasteiger partial charge < -0.3 is 15.1 Å². The van der Waals surface area contributed by atoms with E-state index < -0.39 is 4.92 Å². The van der Waals surface area contributed by atoms with Gasteiger partial charge in [-0.15, -0.1) is 0 Å². The van der Waals surface area contributed by atoms with E-state index in [1.165, 1.54) is 11.6 Å². The molecule has 27 heavy (non-hydrogen) atoms. The zero-order chi connectivity index (χ0) is 19.6. The van der Waals surface area contributed by atoms with Gasteiger partial charge in [-0.1, -0.05) is 6.07 Å². The van der Waals surface area contributed by atoms with Gasteiger partial charge in [-0.2, -0.15) is 0 Å². The maximum Gasteiger partial charge on any atom is 0.292 e. The first kappa shape index (κ1) is 18.7. The molecule has 1 aliphatic heterocycles. The Balaban J connectivity index is 1.69. The minimum absolute atomic E-state index is 0.0531. The molecule has 1 fully saturated rings. The monoisotopic (exact) mass is 368 g/mol. The summed E-state index contributed by atoms with van der Waals surface area (Å²) in [5.41, 5.74) is 4.48. The first-order valence-electron chi connectivity index (χ1n) is 8.98. The molecule has 0 aliphatic carbocycles. The summed E-state index contributed by atoms with van der Waals surface area (Å²) in [7, 11) is 1.67. The molecule has 0 unspecified atom stereocenters. The van der Waals surface area contributed by atoms with Gasteiger partial charge in [0.05, 0.1) is 4.92 Å². The Kier molecular flexibility index (Phi) is 5.30. The van der Waals surface area contributed by atoms with Crippen LogP contribution in [0.25, 0.3) is 0 Å². The van der Waals surface area contributed by atoms with Crippen LogP contribution in [0.3, 0.4) is 0 Å². The molecule has 0 atom stereocenters. The lowest BCUT2D eigenvalue weighted by atomic mass is 10.1. The molecule has 1 aliphatic rings. The second-order valence-electron chi connectivity index (χ2n) is 6.79. The van der Waals surface area contributed by atoms with Gasteiger partial charge >= 0.3 is 0 Å². The highest BCUT2D eigenvalue weighted by molar-refractivity contribution is 5.94. The van der Waals surface area contributed by atoms with E-state index in [4.69, 9.17) is 0 Å². The number of piperazine rings is 1. The molecule has 1 heterocycles. The Morgan fingerprint density at radius 3 is 2.33 bits per heavy atom. The van der Waals surface area contributed by atoms with Crippen LogP contribution in [0.5, 0.6) is 0 Å². The van der Waals surface area contributed by atoms with Gasteiger partial charge in [0.2, 0.25) is 0 Å². The van der Waals surface area contributed by atoms with Gasteiger partial charge in [0, 0.05) is 50.5 Å². The van der Waals surface area contributed by atoms with Crippen LogP contribution >= 0.6 is 0 Å². The molecule has 0 spiro atoms. The van der Waals surface area contributed by atoms with Gasteiger partial charge in [0.15, 0.2) is 0 Å². The molecular weight excluding hydrogens is 344 g/mol. The van der Waals surface area contributed by atoms with Crippen molar-refractivity contribution in [2.45, 2.75) is 13.8 Å². The maximum absolute atomic E-state index is 12.7. The average Bonchev–Trinajstić information content (AvgIpc) is 2.69. The average molecular weight is 368 g/mol. The Labute approximate surface area is 158 Å². The van der Waals surface area contributed by atoms with Crippen LogP contribution in [0.4, 0.5) is 17.1 Å². The molecule has 142 valence electrons. The first-order valence-corrected chi connectivity index (χ1v) is 8.98. The second kappa shape index (κ2) is 7.65. The highest BCUT2D eigenvalue weighted by Gasteiger charge is 2.24. The summed E-state index contributed by atoms with van der Waals surface area (Å²) in [6.45, 7) is 6.67. The number of hydrogen-bond donors (Lipinski definition) is 1. The van der Waals surface area contributed by atoms with Gasteiger partial charge in [-0.25, -0.2) is 0 Å². The van der Waals surface area contributed by atoms with E-state index >= 15 is 0 Å². The smallest absolute Gasteiger partial charge is 0.292 e. The molecule has 0 radical (unpaired) electrons. The van der Waals surface area contributed by atoms with Crippen LogP contribution in [-0.2, 0) is 0 Å². The third-order valence-corrected chi connectivity index (χ3v) is 5.13. The highest BCUT2D eigenvalue weighted by atomic mass is 16.6. The van der Waals surface area contributed by atoms with Gasteiger partial charge in [0.1, 0.15) is 5.69 Å². The Morgan fingerprint density at radius 2 is 1.74 bits per heavy atom. The summed E-state index contributed by atoms with van der Waals surface area (Å²) in [5.74, 6) is 0.0531. The zero-order valence-electron chi connectivity index (χ0n) is 15.9. The van der Waals surface area contributed by atoms with Crippen molar-refractivity contribution in [3.63, 3.8) is 0 Å². The fourth-order valence-electron chi connectivity index (χ4n) is 3.30. The number of rotatable bonds is 4. The number of amides is 1. The summed E-state index contributed by atoms with van der Waals surface area (Å²) >= 11 is 0. The fraction of sp³-hybridized carbons (Fsp3) is 0.350. The molecule has 2 aromatic carbocycles. The highest BCUT2D eigenvalue weighted by Crippen LogP contribution is 2.29. The van der Waals surface area contributed by atoms with E-state index in [2.05, 4.69) is 10.2 Å². The van der Waals surface area contributed by atoms with Crippen LogP contribution in [0.15, 0.2) is 36.4 Å². The molecule has 1 N–H and O–H groups in total. The molecule has 3 rings (SSSR count). The van der Waals surface area contributed by atoms with Crippen LogP contribution in [0.2, 0.25) is 0 Å². The molecule has 0 aromatic heterocycles. The second-order valence-corrected chi connectivity index (χ2v) is 6.79. The summed E-state index contributed by atoms with van der Waals surface area (Å²) in [6, 6.07) is 10.9. The maximum atomic E-state index is 12.7. The van der Waals surface area contributed by atoms with Gasteiger partial charge in [-0.05, 0) is 49.2 Å². The zero-order valence-corrected chi connectivity index (χ0v) is 15.9. The number of carbonyl (C=O) groups is 1. The lowest BCUT2D eigenvalue weighted by Crippen LogP contribution is -2.48. The quantitative estimate of drug-likeness (QED) is 0.662. The topological polar surface area (TPSA) is 78.7 Å². The Bertz CT molecular complexity index is 874. The van der Waals surface area contributed by atoms with Crippen molar-refractivity contribution in [3.05, 3.63) is 63.2 Å². The van der Waals surface area contributed by atoms with Crippen LogP contribution in [0.1, 0.15) is 21.5 Å². The van der Waals surface area contributed by atoms with Crippen LogP contribution < -0.4 is 10.2 Å². The Hall–Kier alpha value is -3.09. The number of benzene rings is 2. The number of nitrogens with one attached hydrogen (secondary N) is 1. The van der Waals surface area contributed by atoms with Crippen molar-refractivity contribution in [1.82, 2.24) is 4.90 Å². The van der Waals surface area contributed by atoms with E-state index in [9.17, 15) is 14.9 Å². The van der Waals surface area contributed by atoms with Crippen molar-refractivity contribution in [2.75, 3.05) is 43.4 Å². The molecular formula is C20H24N4O3. The Morgan fingerprint density at radius 1 is 1.04 bits per heavy atom. The molecule has 7 heteroatoms. The van der Waals surface area contributed by atoms with E-state index in [0.717, 1.165) is 16.8 Å². The third kappa shape index (κ3) is 3.86. The van der Waals surface area contributed by atoms with E-state index in [-0.39, 0.29) is 11.6 Å². The summed E-state index contributed by atoms with van der Waals surface area (Å²) in [5, 5.41) is 14.0. The normalized spacial score (nSPS) is 14.2. The first-order chi connectivity index (χ1) is 12.9. The summed E-state index contributed by atoms with van der Waals surface area (Å²) in [4.78, 5) is 27.4. The molecule has 1 saturated heterocycles. The predicted octanol–water partition coefficient (Wildman–Crippen LogP) is 3.22. The number of aryl methyl sites for hydroxylation is 2. The largest absolute Gasteiger partial charge is 0.383 e. The van der Waals surface area contributed by atoms with Crippen molar-refractivity contribution in [2.24, 2.45) is 0 Å². The molecule has 7 nitrogen and oxygen atoms in total. The molecule has 0 saturated carbocycles. The van der Waals surface area contributed by atoms with Crippen molar-refractivity contribution < 1.29 is 9.72 Å². The minimum atomic E-state index is -0.393. The number of hydrogen-bond acceptors (Lipinski definition) is 5. The molecule has 0 bridgehead atoms. The van der Waals surface area contributed by atoms with E-state index in [1.807, 2.05) is 36.9 Å². The fourth-order valence-corrected chi connectivity index (χ4v) is 3.30. The predicted molar refractivity (Wildman–Crippen MR) is 107 cm³/mol. The third-order valence-electron chi connectivity index (χ3n) is 5.13. The number of nitro groups is 1. The van der Waals surface area contributed by atoms with Crippen LogP contribution in [-0.4, -0.2) is 49.0 Å². The lowest BCUT2D eigenvalue weighted by molar-refractivity contribution is -0.383. The van der Waals surface area contributed by atoms with Crippen molar-refractivity contribution >= 4 is 23.0 Å². The van der Waals surface area contributed by atoms with Gasteiger partial charge in [-0.3, -0.25) is 14.9 Å². The minimum Gasteiger partial charge on any atom is -0.383 e.